The molecular weight excluding hydrogens is 310 g/mol. The summed E-state index contributed by atoms with van der Waals surface area (Å²) < 4.78 is 0. The third-order valence-corrected chi connectivity index (χ3v) is 4.15. The highest BCUT2D eigenvalue weighted by Gasteiger charge is 2.07. The molecule has 0 spiro atoms. The maximum absolute atomic E-state index is 12.2. The highest BCUT2D eigenvalue weighted by Crippen LogP contribution is 2.27. The van der Waals surface area contributed by atoms with E-state index < -0.39 is 0 Å². The van der Waals surface area contributed by atoms with Crippen molar-refractivity contribution >= 4 is 22.6 Å². The minimum Gasteiger partial charge on any atom is -0.346 e. The number of anilines is 1. The van der Waals surface area contributed by atoms with Crippen LogP contribution in [0.1, 0.15) is 5.56 Å². The highest BCUT2D eigenvalue weighted by molar-refractivity contribution is 5.94. The zero-order valence-electron chi connectivity index (χ0n) is 13.6. The first-order valence-electron chi connectivity index (χ1n) is 8.16. The quantitative estimate of drug-likeness (QED) is 0.583. The number of pyridine rings is 1. The van der Waals surface area contributed by atoms with Crippen LogP contribution in [0.25, 0.3) is 22.2 Å². The van der Waals surface area contributed by atoms with Gasteiger partial charge < -0.3 is 10.3 Å². The standard InChI is InChI=1S/C21H17N3O/c25-20(14-15-4-2-1-3-5-15)24-17-8-6-16(7-9-17)18-10-12-22-21-19(18)11-13-23-21/h1-13H,14H2,(H,22,23)(H,24,25). The molecule has 0 aliphatic rings. The number of rotatable bonds is 4. The number of amides is 1. The van der Waals surface area contributed by atoms with Crippen molar-refractivity contribution in [1.29, 1.82) is 0 Å². The Bertz CT molecular complexity index is 1000. The lowest BCUT2D eigenvalue weighted by atomic mass is 10.0. The molecule has 25 heavy (non-hydrogen) atoms. The summed E-state index contributed by atoms with van der Waals surface area (Å²) in [6.45, 7) is 0. The van der Waals surface area contributed by atoms with Crippen LogP contribution in [0.3, 0.4) is 0 Å². The van der Waals surface area contributed by atoms with Gasteiger partial charge >= 0.3 is 0 Å². The van der Waals surface area contributed by atoms with Crippen molar-refractivity contribution in [2.45, 2.75) is 6.42 Å². The largest absolute Gasteiger partial charge is 0.346 e. The maximum atomic E-state index is 12.2. The molecule has 0 aliphatic carbocycles. The van der Waals surface area contributed by atoms with Gasteiger partial charge in [0.15, 0.2) is 0 Å². The number of carbonyl (C=O) groups is 1. The van der Waals surface area contributed by atoms with Gasteiger partial charge in [0.1, 0.15) is 5.65 Å². The van der Waals surface area contributed by atoms with E-state index in [1.54, 1.807) is 6.20 Å². The van der Waals surface area contributed by atoms with Gasteiger partial charge in [-0.25, -0.2) is 4.98 Å². The molecule has 4 heteroatoms. The van der Waals surface area contributed by atoms with E-state index in [0.29, 0.717) is 6.42 Å². The molecule has 0 saturated heterocycles. The molecule has 0 aliphatic heterocycles. The van der Waals surface area contributed by atoms with E-state index in [-0.39, 0.29) is 5.91 Å². The summed E-state index contributed by atoms with van der Waals surface area (Å²) in [5.41, 5.74) is 4.88. The predicted octanol–water partition coefficient (Wildman–Crippen LogP) is 4.41. The summed E-state index contributed by atoms with van der Waals surface area (Å²) in [6.07, 6.45) is 4.06. The van der Waals surface area contributed by atoms with Crippen LogP contribution in [-0.4, -0.2) is 15.9 Å². The first-order valence-corrected chi connectivity index (χ1v) is 8.16. The Morgan fingerprint density at radius 3 is 2.56 bits per heavy atom. The van der Waals surface area contributed by atoms with E-state index in [0.717, 1.165) is 33.4 Å². The van der Waals surface area contributed by atoms with Crippen molar-refractivity contribution in [2.75, 3.05) is 5.32 Å². The predicted molar refractivity (Wildman–Crippen MR) is 100 cm³/mol. The van der Waals surface area contributed by atoms with Gasteiger partial charge in [-0.2, -0.15) is 0 Å². The molecule has 4 nitrogen and oxygen atoms in total. The van der Waals surface area contributed by atoms with Crippen molar-refractivity contribution < 1.29 is 4.79 Å². The van der Waals surface area contributed by atoms with Crippen LogP contribution in [-0.2, 0) is 11.2 Å². The van der Waals surface area contributed by atoms with Crippen molar-refractivity contribution in [3.05, 3.63) is 84.7 Å². The van der Waals surface area contributed by atoms with Crippen LogP contribution in [0.2, 0.25) is 0 Å². The Morgan fingerprint density at radius 2 is 1.76 bits per heavy atom. The van der Waals surface area contributed by atoms with Crippen LogP contribution >= 0.6 is 0 Å². The summed E-state index contributed by atoms with van der Waals surface area (Å²) in [5, 5.41) is 4.03. The number of hydrogen-bond donors (Lipinski definition) is 2. The molecule has 0 saturated carbocycles. The van der Waals surface area contributed by atoms with Crippen LogP contribution in [0, 0.1) is 0 Å². The van der Waals surface area contributed by atoms with Gasteiger partial charge in [-0.3, -0.25) is 4.79 Å². The van der Waals surface area contributed by atoms with E-state index in [2.05, 4.69) is 15.3 Å². The van der Waals surface area contributed by atoms with Crippen molar-refractivity contribution in [3.8, 4) is 11.1 Å². The lowest BCUT2D eigenvalue weighted by Gasteiger charge is -2.08. The molecule has 2 heterocycles. The summed E-state index contributed by atoms with van der Waals surface area (Å²) in [4.78, 5) is 19.6. The zero-order chi connectivity index (χ0) is 17.1. The fourth-order valence-corrected chi connectivity index (χ4v) is 2.93. The third kappa shape index (κ3) is 3.28. The normalized spacial score (nSPS) is 10.7. The number of benzene rings is 2. The Morgan fingerprint density at radius 1 is 0.960 bits per heavy atom. The first-order chi connectivity index (χ1) is 12.3. The number of aromatic amines is 1. The lowest BCUT2D eigenvalue weighted by molar-refractivity contribution is -0.115. The first kappa shape index (κ1) is 15.1. The van der Waals surface area contributed by atoms with Gasteiger partial charge in [-0.15, -0.1) is 0 Å². The molecule has 1 amide bonds. The number of nitrogens with zero attached hydrogens (tertiary/aromatic N) is 1. The second-order valence-corrected chi connectivity index (χ2v) is 5.89. The molecule has 0 atom stereocenters. The van der Waals surface area contributed by atoms with Crippen LogP contribution in [0.15, 0.2) is 79.1 Å². The second kappa shape index (κ2) is 6.61. The molecule has 4 rings (SSSR count). The molecule has 0 radical (unpaired) electrons. The minimum atomic E-state index is -0.0177. The van der Waals surface area contributed by atoms with Crippen molar-refractivity contribution in [3.63, 3.8) is 0 Å². The molecule has 0 bridgehead atoms. The van der Waals surface area contributed by atoms with Gasteiger partial charge in [-0.1, -0.05) is 42.5 Å². The Kier molecular flexibility index (Phi) is 4.01. The monoisotopic (exact) mass is 327 g/mol. The number of hydrogen-bond acceptors (Lipinski definition) is 2. The molecule has 122 valence electrons. The molecule has 0 fully saturated rings. The summed E-state index contributed by atoms with van der Waals surface area (Å²) >= 11 is 0. The van der Waals surface area contributed by atoms with E-state index in [4.69, 9.17) is 0 Å². The summed E-state index contributed by atoms with van der Waals surface area (Å²) in [5.74, 6) is -0.0177. The molecule has 0 unspecified atom stereocenters. The maximum Gasteiger partial charge on any atom is 0.228 e. The zero-order valence-corrected chi connectivity index (χ0v) is 13.6. The van der Waals surface area contributed by atoms with E-state index in [9.17, 15) is 4.79 Å². The number of fused-ring (bicyclic) bond motifs is 1. The number of H-pyrrole nitrogens is 1. The number of nitrogens with one attached hydrogen (secondary N) is 2. The molecule has 2 N–H and O–H groups in total. The van der Waals surface area contributed by atoms with E-state index >= 15 is 0 Å². The number of aromatic nitrogens is 2. The van der Waals surface area contributed by atoms with Gasteiger partial charge in [0.2, 0.25) is 5.91 Å². The van der Waals surface area contributed by atoms with Crippen LogP contribution < -0.4 is 5.32 Å². The van der Waals surface area contributed by atoms with Gasteiger partial charge in [0.25, 0.3) is 0 Å². The smallest absolute Gasteiger partial charge is 0.228 e. The van der Waals surface area contributed by atoms with Gasteiger partial charge in [0, 0.05) is 23.5 Å². The van der Waals surface area contributed by atoms with E-state index in [1.165, 1.54) is 0 Å². The summed E-state index contributed by atoms with van der Waals surface area (Å²) in [7, 11) is 0. The second-order valence-electron chi connectivity index (χ2n) is 5.89. The lowest BCUT2D eigenvalue weighted by Crippen LogP contribution is -2.14. The molecular formula is C21H17N3O. The minimum absolute atomic E-state index is 0.0177. The molecule has 4 aromatic rings. The van der Waals surface area contributed by atoms with Gasteiger partial charge in [0.05, 0.1) is 6.42 Å². The highest BCUT2D eigenvalue weighted by atomic mass is 16.1. The average molecular weight is 327 g/mol. The average Bonchev–Trinajstić information content (AvgIpc) is 3.12. The Labute approximate surface area is 145 Å². The number of carbonyl (C=O) groups excluding carboxylic acids is 1. The van der Waals surface area contributed by atoms with Crippen LogP contribution in [0.4, 0.5) is 5.69 Å². The van der Waals surface area contributed by atoms with Crippen LogP contribution in [0.5, 0.6) is 0 Å². The Hall–Kier alpha value is -3.40. The molecule has 2 aromatic carbocycles. The summed E-state index contributed by atoms with van der Waals surface area (Å²) in [6, 6.07) is 21.6. The topological polar surface area (TPSA) is 57.8 Å². The van der Waals surface area contributed by atoms with E-state index in [1.807, 2.05) is 72.9 Å². The fraction of sp³-hybridized carbons (Fsp3) is 0.0476. The fourth-order valence-electron chi connectivity index (χ4n) is 2.93. The van der Waals surface area contributed by atoms with Crippen molar-refractivity contribution in [1.82, 2.24) is 9.97 Å². The Balaban J connectivity index is 1.50. The van der Waals surface area contributed by atoms with Gasteiger partial charge in [-0.05, 0) is 41.0 Å². The molecule has 2 aromatic heterocycles. The SMILES string of the molecule is O=C(Cc1ccccc1)Nc1ccc(-c2ccnc3[nH]ccc23)cc1. The third-order valence-electron chi connectivity index (χ3n) is 4.15. The van der Waals surface area contributed by atoms with Crippen molar-refractivity contribution in [2.24, 2.45) is 0 Å².